The average Bonchev–Trinajstić information content (AvgIpc) is 2.65. The summed E-state index contributed by atoms with van der Waals surface area (Å²) < 4.78 is 0. The SMILES string of the molecule is CC/C=C/CCCCCCCCCCCCCCCCC(CC(=O)[O-])C(=O)[O-].[K+].[K+]. The summed E-state index contributed by atoms with van der Waals surface area (Å²) in [5.41, 5.74) is 0. The van der Waals surface area contributed by atoms with Gasteiger partial charge < -0.3 is 19.8 Å². The molecule has 0 N–H and O–H groups in total. The van der Waals surface area contributed by atoms with Crippen LogP contribution in [-0.2, 0) is 9.59 Å². The number of allylic oxidation sites excluding steroid dienone is 2. The van der Waals surface area contributed by atoms with Crippen LogP contribution in [0.1, 0.15) is 122 Å². The molecule has 1 unspecified atom stereocenters. The number of carboxylic acids is 2. The molecule has 0 aromatic heterocycles. The fourth-order valence-corrected chi connectivity index (χ4v) is 3.56. The van der Waals surface area contributed by atoms with Gasteiger partial charge in [0, 0.05) is 17.9 Å². The van der Waals surface area contributed by atoms with Crippen molar-refractivity contribution in [2.24, 2.45) is 5.92 Å². The maximum absolute atomic E-state index is 10.8. The van der Waals surface area contributed by atoms with Crippen molar-refractivity contribution in [1.29, 1.82) is 0 Å². The third-order valence-electron chi connectivity index (χ3n) is 5.32. The second kappa shape index (κ2) is 29.0. The molecule has 0 amide bonds. The molecular formula is C24H42K2O4. The van der Waals surface area contributed by atoms with E-state index in [-0.39, 0.29) is 103 Å². The van der Waals surface area contributed by atoms with E-state index in [0.717, 1.165) is 25.7 Å². The first-order valence-electron chi connectivity index (χ1n) is 11.6. The number of rotatable bonds is 21. The fourth-order valence-electron chi connectivity index (χ4n) is 3.56. The van der Waals surface area contributed by atoms with Crippen molar-refractivity contribution >= 4 is 11.9 Å². The van der Waals surface area contributed by atoms with Crippen molar-refractivity contribution in [2.45, 2.75) is 122 Å². The Labute approximate surface area is 270 Å². The summed E-state index contributed by atoms with van der Waals surface area (Å²) in [7, 11) is 0. The Bertz CT molecular complexity index is 414. The number of aliphatic carboxylic acids is 2. The van der Waals surface area contributed by atoms with Gasteiger partial charge >= 0.3 is 103 Å². The van der Waals surface area contributed by atoms with Gasteiger partial charge in [0.05, 0.1) is 0 Å². The third kappa shape index (κ3) is 28.0. The van der Waals surface area contributed by atoms with Crippen molar-refractivity contribution < 1.29 is 123 Å². The summed E-state index contributed by atoms with van der Waals surface area (Å²) in [5, 5.41) is 21.3. The van der Waals surface area contributed by atoms with Crippen LogP contribution in [0, 0.1) is 5.92 Å². The van der Waals surface area contributed by atoms with E-state index in [1.807, 2.05) is 0 Å². The zero-order valence-electron chi connectivity index (χ0n) is 20.1. The molecule has 0 bridgehead atoms. The Morgan fingerprint density at radius 1 is 0.667 bits per heavy atom. The molecule has 164 valence electrons. The van der Waals surface area contributed by atoms with E-state index < -0.39 is 24.3 Å². The largest absolute Gasteiger partial charge is 1.00 e. The van der Waals surface area contributed by atoms with Gasteiger partial charge in [0.15, 0.2) is 0 Å². The van der Waals surface area contributed by atoms with Crippen LogP contribution in [0.15, 0.2) is 12.2 Å². The van der Waals surface area contributed by atoms with E-state index in [0.29, 0.717) is 6.42 Å². The predicted octanol–water partition coefficient (Wildman–Crippen LogP) is -1.29. The van der Waals surface area contributed by atoms with Crippen LogP contribution in [-0.4, -0.2) is 11.9 Å². The summed E-state index contributed by atoms with van der Waals surface area (Å²) in [6, 6.07) is 0. The summed E-state index contributed by atoms with van der Waals surface area (Å²) in [6.07, 6.45) is 24.3. The van der Waals surface area contributed by atoms with Gasteiger partial charge in [0.25, 0.3) is 0 Å². The average molecular weight is 473 g/mol. The third-order valence-corrected chi connectivity index (χ3v) is 5.32. The molecule has 0 radical (unpaired) electrons. The molecule has 0 aliphatic heterocycles. The Balaban J connectivity index is -0.00000364. The smallest absolute Gasteiger partial charge is 0.550 e. The molecule has 0 saturated carbocycles. The van der Waals surface area contributed by atoms with Crippen molar-refractivity contribution in [2.75, 3.05) is 0 Å². The molecule has 30 heavy (non-hydrogen) atoms. The minimum Gasteiger partial charge on any atom is -0.550 e. The van der Waals surface area contributed by atoms with Crippen molar-refractivity contribution in [3.05, 3.63) is 12.2 Å². The van der Waals surface area contributed by atoms with E-state index in [4.69, 9.17) is 0 Å². The van der Waals surface area contributed by atoms with Crippen LogP contribution in [0.25, 0.3) is 0 Å². The first kappa shape index (κ1) is 36.5. The van der Waals surface area contributed by atoms with Crippen molar-refractivity contribution in [3.8, 4) is 0 Å². The van der Waals surface area contributed by atoms with Gasteiger partial charge in [-0.05, 0) is 32.1 Å². The molecule has 1 atom stereocenters. The fraction of sp³-hybridized carbons (Fsp3) is 0.833. The molecule has 4 nitrogen and oxygen atoms in total. The van der Waals surface area contributed by atoms with Crippen LogP contribution >= 0.6 is 0 Å². The second-order valence-electron chi connectivity index (χ2n) is 8.00. The Morgan fingerprint density at radius 3 is 1.43 bits per heavy atom. The topological polar surface area (TPSA) is 80.3 Å². The Kier molecular flexibility index (Phi) is 35.3. The first-order valence-corrected chi connectivity index (χ1v) is 11.6. The number of unbranched alkanes of at least 4 members (excludes halogenated alkanes) is 14. The van der Waals surface area contributed by atoms with Crippen LogP contribution in [0.3, 0.4) is 0 Å². The molecule has 0 spiro atoms. The van der Waals surface area contributed by atoms with Gasteiger partial charge in [0.1, 0.15) is 0 Å². The number of hydrogen-bond donors (Lipinski definition) is 0. The summed E-state index contributed by atoms with van der Waals surface area (Å²) >= 11 is 0. The molecule has 0 aliphatic rings. The molecule has 0 rings (SSSR count). The molecule has 0 saturated heterocycles. The zero-order valence-corrected chi connectivity index (χ0v) is 26.3. The van der Waals surface area contributed by atoms with Gasteiger partial charge in [-0.15, -0.1) is 0 Å². The van der Waals surface area contributed by atoms with E-state index >= 15 is 0 Å². The number of carboxylic acid groups (broad SMARTS) is 2. The quantitative estimate of drug-likeness (QED) is 0.118. The zero-order chi connectivity index (χ0) is 20.9. The predicted molar refractivity (Wildman–Crippen MR) is 111 cm³/mol. The first-order chi connectivity index (χ1) is 13.6. The van der Waals surface area contributed by atoms with Crippen LogP contribution in [0.4, 0.5) is 0 Å². The normalized spacial score (nSPS) is 11.6. The Hall–Kier alpha value is 1.95. The second-order valence-corrected chi connectivity index (χ2v) is 8.00. The molecule has 0 aliphatic carbocycles. The van der Waals surface area contributed by atoms with Gasteiger partial charge in [-0.25, -0.2) is 0 Å². The molecule has 0 heterocycles. The number of carbonyl (C=O) groups is 2. The number of carbonyl (C=O) groups excluding carboxylic acids is 2. The Morgan fingerprint density at radius 2 is 1.07 bits per heavy atom. The van der Waals surface area contributed by atoms with Gasteiger partial charge in [-0.1, -0.05) is 103 Å². The standard InChI is InChI=1S/C24H44O4.2K/c1-2-3-4-5-6-7-8-9-10-11-12-13-14-15-16-17-18-19-20-22(24(27)28)21-23(25)26;;/h3-4,22H,2,5-21H2,1H3,(H,25,26)(H,27,28);;/q;2*+1/p-2/b4-3+;;. The maximum Gasteiger partial charge on any atom is 1.00 e. The summed E-state index contributed by atoms with van der Waals surface area (Å²) in [4.78, 5) is 21.3. The minimum absolute atomic E-state index is 0. The monoisotopic (exact) mass is 472 g/mol. The van der Waals surface area contributed by atoms with Crippen LogP contribution in [0.5, 0.6) is 0 Å². The maximum atomic E-state index is 10.8. The molecule has 0 aromatic rings. The summed E-state index contributed by atoms with van der Waals surface area (Å²) in [5.74, 6) is -3.48. The van der Waals surface area contributed by atoms with Crippen molar-refractivity contribution in [3.63, 3.8) is 0 Å². The van der Waals surface area contributed by atoms with Gasteiger partial charge in [-0.3, -0.25) is 0 Å². The summed E-state index contributed by atoms with van der Waals surface area (Å²) in [6.45, 7) is 2.18. The van der Waals surface area contributed by atoms with Crippen LogP contribution < -0.4 is 113 Å². The van der Waals surface area contributed by atoms with E-state index in [9.17, 15) is 19.8 Å². The molecular weight excluding hydrogens is 430 g/mol. The van der Waals surface area contributed by atoms with E-state index in [1.165, 1.54) is 77.0 Å². The van der Waals surface area contributed by atoms with Gasteiger partial charge in [0.2, 0.25) is 0 Å². The number of hydrogen-bond acceptors (Lipinski definition) is 4. The molecule has 6 heteroatoms. The minimum atomic E-state index is -1.31. The molecule has 0 aromatic carbocycles. The van der Waals surface area contributed by atoms with E-state index in [1.54, 1.807) is 0 Å². The van der Waals surface area contributed by atoms with E-state index in [2.05, 4.69) is 19.1 Å². The van der Waals surface area contributed by atoms with Crippen LogP contribution in [0.2, 0.25) is 0 Å². The van der Waals surface area contributed by atoms with Gasteiger partial charge in [-0.2, -0.15) is 0 Å². The molecule has 0 fully saturated rings. The van der Waals surface area contributed by atoms with Crippen molar-refractivity contribution in [1.82, 2.24) is 0 Å².